The molecule has 130 valence electrons. The summed E-state index contributed by atoms with van der Waals surface area (Å²) in [5.41, 5.74) is 4.93. The second-order valence-corrected chi connectivity index (χ2v) is 6.19. The van der Waals surface area contributed by atoms with Gasteiger partial charge in [0.2, 0.25) is 5.91 Å². The number of hydrogen-bond donors (Lipinski definition) is 2. The van der Waals surface area contributed by atoms with Crippen molar-refractivity contribution >= 4 is 41.3 Å². The van der Waals surface area contributed by atoms with E-state index in [1.165, 1.54) is 30.3 Å². The van der Waals surface area contributed by atoms with E-state index >= 15 is 0 Å². The number of hydrogen-bond acceptors (Lipinski definition) is 3. The molecule has 2 N–H and O–H groups in total. The third-order valence-electron chi connectivity index (χ3n) is 2.89. The van der Waals surface area contributed by atoms with E-state index in [0.717, 1.165) is 17.8 Å². The smallest absolute Gasteiger partial charge is 0.262 e. The highest BCUT2D eigenvalue weighted by Gasteiger charge is 2.07. The van der Waals surface area contributed by atoms with Gasteiger partial charge in [0.1, 0.15) is 11.6 Å². The Kier molecular flexibility index (Phi) is 6.97. The van der Waals surface area contributed by atoms with Gasteiger partial charge in [-0.05, 0) is 35.9 Å². The van der Waals surface area contributed by atoms with Gasteiger partial charge in [-0.3, -0.25) is 20.4 Å². The van der Waals surface area contributed by atoms with Gasteiger partial charge in [-0.1, -0.05) is 29.8 Å². The zero-order valence-corrected chi connectivity index (χ0v) is 14.3. The van der Waals surface area contributed by atoms with E-state index in [-0.39, 0.29) is 10.8 Å². The average molecular weight is 383 g/mol. The van der Waals surface area contributed by atoms with Gasteiger partial charge < -0.3 is 0 Å². The number of carbonyl (C=O) groups excluding carboxylic acids is 2. The Balaban J connectivity index is 1.77. The maximum Gasteiger partial charge on any atom is 0.262 e. The fraction of sp³-hybridized carbons (Fsp3) is 0.0588. The van der Waals surface area contributed by atoms with Crippen LogP contribution in [-0.4, -0.2) is 17.6 Å². The maximum atomic E-state index is 13.4. The van der Waals surface area contributed by atoms with Crippen LogP contribution in [0.25, 0.3) is 6.08 Å². The molecule has 2 aromatic carbocycles. The molecular weight excluding hydrogens is 370 g/mol. The van der Waals surface area contributed by atoms with Crippen LogP contribution < -0.4 is 10.9 Å². The van der Waals surface area contributed by atoms with E-state index in [1.54, 1.807) is 18.2 Å². The van der Waals surface area contributed by atoms with Crippen LogP contribution in [0.3, 0.4) is 0 Å². The molecule has 2 amide bonds. The molecule has 0 radical (unpaired) electrons. The maximum absolute atomic E-state index is 13.4. The molecule has 0 aliphatic carbocycles. The zero-order valence-electron chi connectivity index (χ0n) is 12.8. The van der Waals surface area contributed by atoms with Crippen LogP contribution in [0, 0.1) is 11.6 Å². The molecular formula is C17H13ClF2N2O2S. The van der Waals surface area contributed by atoms with Crippen molar-refractivity contribution in [2.45, 2.75) is 4.90 Å². The molecule has 0 heterocycles. The minimum absolute atomic E-state index is 0.0546. The fourth-order valence-corrected chi connectivity index (χ4v) is 2.63. The summed E-state index contributed by atoms with van der Waals surface area (Å²) in [6.07, 6.45) is 2.58. The van der Waals surface area contributed by atoms with E-state index in [1.807, 2.05) is 0 Å². The largest absolute Gasteiger partial charge is 0.272 e. The second-order valence-electron chi connectivity index (χ2n) is 4.76. The Morgan fingerprint density at radius 1 is 1.08 bits per heavy atom. The van der Waals surface area contributed by atoms with Gasteiger partial charge in [-0.15, -0.1) is 11.8 Å². The van der Waals surface area contributed by atoms with E-state index < -0.39 is 23.4 Å². The van der Waals surface area contributed by atoms with Gasteiger partial charge in [-0.2, -0.15) is 0 Å². The lowest BCUT2D eigenvalue weighted by molar-refractivity contribution is -0.125. The summed E-state index contributed by atoms with van der Waals surface area (Å²) < 4.78 is 26.4. The molecule has 0 saturated carbocycles. The molecule has 2 aromatic rings. The van der Waals surface area contributed by atoms with Gasteiger partial charge >= 0.3 is 0 Å². The predicted molar refractivity (Wildman–Crippen MR) is 93.9 cm³/mol. The van der Waals surface area contributed by atoms with Gasteiger partial charge in [-0.25, -0.2) is 8.78 Å². The Hall–Kier alpha value is -2.38. The van der Waals surface area contributed by atoms with Crippen LogP contribution in [0.5, 0.6) is 0 Å². The molecule has 2 rings (SSSR count). The lowest BCUT2D eigenvalue weighted by Crippen LogP contribution is -2.41. The first-order chi connectivity index (χ1) is 12.0. The van der Waals surface area contributed by atoms with E-state index in [4.69, 9.17) is 11.6 Å². The molecule has 25 heavy (non-hydrogen) atoms. The van der Waals surface area contributed by atoms with Gasteiger partial charge in [0, 0.05) is 11.0 Å². The third-order valence-corrected chi connectivity index (χ3v) is 4.23. The van der Waals surface area contributed by atoms with Crippen LogP contribution in [0.1, 0.15) is 5.56 Å². The van der Waals surface area contributed by atoms with Crippen molar-refractivity contribution in [2.24, 2.45) is 0 Å². The SMILES string of the molecule is O=C(/C=C/c1ccc(F)c(Cl)c1)NNC(=O)CSc1ccccc1F. The van der Waals surface area contributed by atoms with Crippen molar-refractivity contribution in [3.05, 3.63) is 70.8 Å². The van der Waals surface area contributed by atoms with Gasteiger partial charge in [0.05, 0.1) is 10.8 Å². The zero-order chi connectivity index (χ0) is 18.2. The van der Waals surface area contributed by atoms with Crippen molar-refractivity contribution in [3.63, 3.8) is 0 Å². The number of benzene rings is 2. The average Bonchev–Trinajstić information content (AvgIpc) is 2.60. The molecule has 8 heteroatoms. The summed E-state index contributed by atoms with van der Waals surface area (Å²) >= 11 is 6.65. The number of thioether (sulfide) groups is 1. The summed E-state index contributed by atoms with van der Waals surface area (Å²) in [7, 11) is 0. The van der Waals surface area contributed by atoms with Crippen molar-refractivity contribution in [1.82, 2.24) is 10.9 Å². The van der Waals surface area contributed by atoms with Crippen molar-refractivity contribution in [1.29, 1.82) is 0 Å². The van der Waals surface area contributed by atoms with Gasteiger partial charge in [0.25, 0.3) is 5.91 Å². The Labute approximate surface area is 152 Å². The topological polar surface area (TPSA) is 58.2 Å². The molecule has 0 saturated heterocycles. The first-order valence-corrected chi connectivity index (χ1v) is 8.41. The lowest BCUT2D eigenvalue weighted by atomic mass is 10.2. The first-order valence-electron chi connectivity index (χ1n) is 7.05. The summed E-state index contributed by atoms with van der Waals surface area (Å²) in [4.78, 5) is 23.6. The molecule has 0 aromatic heterocycles. The van der Waals surface area contributed by atoms with Crippen LogP contribution in [0.2, 0.25) is 5.02 Å². The number of amides is 2. The Morgan fingerprint density at radius 3 is 2.56 bits per heavy atom. The normalized spacial score (nSPS) is 10.7. The monoisotopic (exact) mass is 382 g/mol. The Bertz CT molecular complexity index is 815. The third kappa shape index (κ3) is 6.21. The standard InChI is InChI=1S/C17H13ClF2N2O2S/c18-12-9-11(5-7-13(12)19)6-8-16(23)21-22-17(24)10-25-15-4-2-1-3-14(15)20/h1-9H,10H2,(H,21,23)(H,22,24)/b8-6+. The van der Waals surface area contributed by atoms with Gasteiger partial charge in [0.15, 0.2) is 0 Å². The van der Waals surface area contributed by atoms with Crippen LogP contribution in [0.15, 0.2) is 53.4 Å². The minimum Gasteiger partial charge on any atom is -0.272 e. The molecule has 0 atom stereocenters. The molecule has 0 bridgehead atoms. The fourth-order valence-electron chi connectivity index (χ4n) is 1.70. The quantitative estimate of drug-likeness (QED) is 0.472. The summed E-state index contributed by atoms with van der Waals surface area (Å²) in [5.74, 6) is -2.09. The lowest BCUT2D eigenvalue weighted by Gasteiger charge is -2.05. The number of halogens is 3. The van der Waals surface area contributed by atoms with E-state index in [0.29, 0.717) is 10.5 Å². The Morgan fingerprint density at radius 2 is 1.84 bits per heavy atom. The number of carbonyl (C=O) groups is 2. The molecule has 0 unspecified atom stereocenters. The van der Waals surface area contributed by atoms with Crippen LogP contribution >= 0.6 is 23.4 Å². The first kappa shape index (κ1) is 19.0. The molecule has 0 aliphatic heterocycles. The molecule has 4 nitrogen and oxygen atoms in total. The number of hydrazine groups is 1. The highest BCUT2D eigenvalue weighted by Crippen LogP contribution is 2.20. The van der Waals surface area contributed by atoms with Crippen molar-refractivity contribution in [3.8, 4) is 0 Å². The number of rotatable bonds is 5. The number of nitrogens with one attached hydrogen (secondary N) is 2. The summed E-state index contributed by atoms with van der Waals surface area (Å²) in [5, 5.41) is -0.0546. The van der Waals surface area contributed by atoms with Crippen LogP contribution in [0.4, 0.5) is 8.78 Å². The van der Waals surface area contributed by atoms with Crippen molar-refractivity contribution < 1.29 is 18.4 Å². The highest BCUT2D eigenvalue weighted by molar-refractivity contribution is 8.00. The molecule has 0 spiro atoms. The summed E-state index contributed by atoms with van der Waals surface area (Å²) in [6.45, 7) is 0. The van der Waals surface area contributed by atoms with Crippen LogP contribution in [-0.2, 0) is 9.59 Å². The molecule has 0 fully saturated rings. The molecule has 0 aliphatic rings. The highest BCUT2D eigenvalue weighted by atomic mass is 35.5. The minimum atomic E-state index is -0.579. The predicted octanol–water partition coefficient (Wildman–Crippen LogP) is 3.57. The van der Waals surface area contributed by atoms with E-state index in [2.05, 4.69) is 10.9 Å². The van der Waals surface area contributed by atoms with Crippen molar-refractivity contribution in [2.75, 3.05) is 5.75 Å². The van der Waals surface area contributed by atoms with E-state index in [9.17, 15) is 18.4 Å². The summed E-state index contributed by atoms with van der Waals surface area (Å²) in [6, 6.07) is 10.1. The second kappa shape index (κ2) is 9.19.